The molecular formula is C42H47N5O13S2. The second-order valence-electron chi connectivity index (χ2n) is 14.6. The van der Waals surface area contributed by atoms with Crippen LogP contribution in [-0.2, 0) is 58.9 Å². The Bertz CT molecular complexity index is 2210. The van der Waals surface area contributed by atoms with E-state index in [1.165, 1.54) is 25.6 Å². The van der Waals surface area contributed by atoms with Gasteiger partial charge in [-0.3, -0.25) is 19.2 Å². The number of aromatic nitrogens is 4. The van der Waals surface area contributed by atoms with E-state index in [0.29, 0.717) is 27.8 Å². The SMILES string of the molecule is CC(=O)OC[C@H]1O[C@@H](CC(=S)Nc2cccc(C3O[C@H](CSc4nnnn4-c4ccc(O)cc4)[C@H](C)[C@H](c4ccc(CO)cc4)O3)c2)[C@H](OC(C)=O)[C@@H](OC(C)=O)[C@@H]1OC(C)=O. The van der Waals surface area contributed by atoms with E-state index in [1.54, 1.807) is 41.1 Å². The van der Waals surface area contributed by atoms with Crippen molar-refractivity contribution in [2.75, 3.05) is 17.7 Å². The minimum Gasteiger partial charge on any atom is -0.508 e. The van der Waals surface area contributed by atoms with Gasteiger partial charge in [-0.05, 0) is 58.0 Å². The summed E-state index contributed by atoms with van der Waals surface area (Å²) in [7, 11) is 0. The van der Waals surface area contributed by atoms with Crippen molar-refractivity contribution >= 4 is 58.5 Å². The Kier molecular flexibility index (Phi) is 15.6. The van der Waals surface area contributed by atoms with Gasteiger partial charge in [0.05, 0.1) is 29.5 Å². The Morgan fingerprint density at radius 3 is 2.11 bits per heavy atom. The van der Waals surface area contributed by atoms with Gasteiger partial charge in [0.25, 0.3) is 0 Å². The number of thioether (sulfide) groups is 1. The number of thiocarbonyl (C=S) groups is 1. The number of benzene rings is 3. The quantitative estimate of drug-likeness (QED) is 0.0636. The largest absolute Gasteiger partial charge is 0.508 e. The topological polar surface area (TPSA) is 229 Å². The van der Waals surface area contributed by atoms with Gasteiger partial charge in [0, 0.05) is 57.0 Å². The highest BCUT2D eigenvalue weighted by molar-refractivity contribution is 7.99. The van der Waals surface area contributed by atoms with E-state index in [4.69, 9.17) is 45.4 Å². The van der Waals surface area contributed by atoms with Gasteiger partial charge < -0.3 is 48.7 Å². The number of anilines is 1. The van der Waals surface area contributed by atoms with Gasteiger partial charge in [-0.2, -0.15) is 4.68 Å². The van der Waals surface area contributed by atoms with Gasteiger partial charge in [-0.1, -0.05) is 67.3 Å². The molecule has 0 saturated carbocycles. The van der Waals surface area contributed by atoms with Crippen LogP contribution in [0.3, 0.4) is 0 Å². The first-order valence-electron chi connectivity index (χ1n) is 19.6. The van der Waals surface area contributed by atoms with E-state index >= 15 is 0 Å². The van der Waals surface area contributed by atoms with E-state index < -0.39 is 66.8 Å². The molecule has 1 unspecified atom stereocenters. The van der Waals surface area contributed by atoms with Crippen LogP contribution in [0.4, 0.5) is 5.69 Å². The summed E-state index contributed by atoms with van der Waals surface area (Å²) in [5, 5.41) is 35.4. The fourth-order valence-corrected chi connectivity index (χ4v) is 8.47. The lowest BCUT2D eigenvalue weighted by molar-refractivity contribution is -0.268. The number of aliphatic hydroxyl groups excluding tert-OH is 1. The number of phenolic OH excluding ortho intramolecular Hbond substituents is 1. The van der Waals surface area contributed by atoms with Crippen LogP contribution in [0.1, 0.15) is 70.1 Å². The number of rotatable bonds is 15. The molecule has 2 aliphatic rings. The number of aromatic hydroxyl groups is 1. The van der Waals surface area contributed by atoms with Crippen LogP contribution in [0.25, 0.3) is 5.69 Å². The van der Waals surface area contributed by atoms with Gasteiger partial charge in [0.2, 0.25) is 5.16 Å². The number of aliphatic hydroxyl groups is 1. The maximum Gasteiger partial charge on any atom is 0.303 e. The number of phenols is 1. The first-order valence-corrected chi connectivity index (χ1v) is 21.0. The maximum atomic E-state index is 12.4. The fourth-order valence-electron chi connectivity index (χ4n) is 7.13. The minimum absolute atomic E-state index is 0.0681. The standard InChI is InChI=1S/C42H47N5O13S2/c1-22-35(21-62-42-44-45-46-47(42)31-13-15-32(53)16-14-31)59-41(60-37(22)28-11-9-27(19-48)10-12-28)29-7-6-8-30(17-29)43-36(61)18-33-38(55-24(3)50)40(57-26(5)52)39(56-25(4)51)34(58-33)20-54-23(2)49/h6-17,22,33-35,37-41,48,53H,18-21H2,1-5H3,(H,43,61)/t22-,33-,34+,35+,37+,38-,39+,40+,41?/m0/s1. The predicted molar refractivity (Wildman–Crippen MR) is 224 cm³/mol. The summed E-state index contributed by atoms with van der Waals surface area (Å²) in [6.07, 6.45) is -7.74. The highest BCUT2D eigenvalue weighted by atomic mass is 32.2. The second-order valence-corrected chi connectivity index (χ2v) is 16.1. The van der Waals surface area contributed by atoms with E-state index in [2.05, 4.69) is 20.8 Å². The van der Waals surface area contributed by atoms with Crippen LogP contribution in [0.15, 0.2) is 78.0 Å². The summed E-state index contributed by atoms with van der Waals surface area (Å²) in [4.78, 5) is 48.8. The summed E-state index contributed by atoms with van der Waals surface area (Å²) in [6, 6.07) is 21.3. The van der Waals surface area contributed by atoms with E-state index in [1.807, 2.05) is 43.3 Å². The molecule has 3 aromatic carbocycles. The molecule has 3 heterocycles. The number of ether oxygens (including phenoxy) is 7. The molecule has 0 spiro atoms. The predicted octanol–water partition coefficient (Wildman–Crippen LogP) is 4.70. The third kappa shape index (κ3) is 11.9. The zero-order valence-electron chi connectivity index (χ0n) is 34.4. The number of hydrogen-bond acceptors (Lipinski definition) is 18. The molecule has 330 valence electrons. The number of hydrogen-bond donors (Lipinski definition) is 3. The third-order valence-electron chi connectivity index (χ3n) is 9.95. The molecule has 0 amide bonds. The van der Waals surface area contributed by atoms with Crippen molar-refractivity contribution in [2.45, 2.75) is 102 Å². The molecule has 0 bridgehead atoms. The number of carbonyl (C=O) groups excluding carboxylic acids is 4. The second kappa shape index (κ2) is 21.0. The Morgan fingerprint density at radius 1 is 0.806 bits per heavy atom. The van der Waals surface area contributed by atoms with Crippen LogP contribution < -0.4 is 5.32 Å². The normalized spacial score (nSPS) is 24.6. The Balaban J connectivity index is 1.22. The summed E-state index contributed by atoms with van der Waals surface area (Å²) in [5.74, 6) is -2.40. The molecule has 0 radical (unpaired) electrons. The molecule has 2 saturated heterocycles. The van der Waals surface area contributed by atoms with E-state index in [9.17, 15) is 29.4 Å². The van der Waals surface area contributed by atoms with Crippen molar-refractivity contribution < 1.29 is 62.5 Å². The van der Waals surface area contributed by atoms with Gasteiger partial charge in [0.15, 0.2) is 24.6 Å². The fraction of sp³-hybridized carbons (Fsp3) is 0.429. The van der Waals surface area contributed by atoms with E-state index in [-0.39, 0.29) is 42.4 Å². The Labute approximate surface area is 366 Å². The van der Waals surface area contributed by atoms with Crippen LogP contribution >= 0.6 is 24.0 Å². The van der Waals surface area contributed by atoms with Crippen LogP contribution in [0.5, 0.6) is 5.75 Å². The molecular weight excluding hydrogens is 847 g/mol. The van der Waals surface area contributed by atoms with Crippen molar-refractivity contribution in [3.05, 3.63) is 89.5 Å². The summed E-state index contributed by atoms with van der Waals surface area (Å²) in [5.41, 5.74) is 3.56. The van der Waals surface area contributed by atoms with Crippen molar-refractivity contribution in [1.82, 2.24) is 20.2 Å². The zero-order chi connectivity index (χ0) is 44.5. The van der Waals surface area contributed by atoms with Crippen LogP contribution in [-0.4, -0.2) is 108 Å². The van der Waals surface area contributed by atoms with Gasteiger partial charge >= 0.3 is 23.9 Å². The van der Waals surface area contributed by atoms with Crippen LogP contribution in [0, 0.1) is 5.92 Å². The van der Waals surface area contributed by atoms with Gasteiger partial charge in [-0.25, -0.2) is 0 Å². The average molecular weight is 894 g/mol. The molecule has 3 N–H and O–H groups in total. The molecule has 4 aromatic rings. The number of nitrogens with one attached hydrogen (secondary N) is 1. The smallest absolute Gasteiger partial charge is 0.303 e. The molecule has 18 nitrogen and oxygen atoms in total. The monoisotopic (exact) mass is 893 g/mol. The Morgan fingerprint density at radius 2 is 1.47 bits per heavy atom. The van der Waals surface area contributed by atoms with Gasteiger partial charge in [0.1, 0.15) is 24.6 Å². The molecule has 9 atom stereocenters. The van der Waals surface area contributed by atoms with Crippen LogP contribution in [0.2, 0.25) is 0 Å². The molecule has 20 heteroatoms. The minimum atomic E-state index is -1.33. The first kappa shape index (κ1) is 46.0. The highest BCUT2D eigenvalue weighted by Gasteiger charge is 2.52. The van der Waals surface area contributed by atoms with Crippen molar-refractivity contribution in [3.8, 4) is 11.4 Å². The lowest BCUT2D eigenvalue weighted by Crippen LogP contribution is -2.62. The maximum absolute atomic E-state index is 12.4. The van der Waals surface area contributed by atoms with Crippen molar-refractivity contribution in [3.63, 3.8) is 0 Å². The summed E-state index contributed by atoms with van der Waals surface area (Å²) < 4.78 is 43.0. The Hall–Kier alpha value is -5.51. The number of carbonyl (C=O) groups is 4. The van der Waals surface area contributed by atoms with Crippen molar-refractivity contribution in [2.24, 2.45) is 5.92 Å². The average Bonchev–Trinajstić information content (AvgIpc) is 3.70. The molecule has 1 aromatic heterocycles. The number of esters is 4. The first-order chi connectivity index (χ1) is 29.7. The number of tetrazole rings is 1. The summed E-state index contributed by atoms with van der Waals surface area (Å²) in [6.45, 7) is 6.25. The van der Waals surface area contributed by atoms with Gasteiger partial charge in [-0.15, -0.1) is 5.10 Å². The van der Waals surface area contributed by atoms with Crippen molar-refractivity contribution in [1.29, 1.82) is 0 Å². The summed E-state index contributed by atoms with van der Waals surface area (Å²) >= 11 is 7.20. The zero-order valence-corrected chi connectivity index (χ0v) is 36.1. The molecule has 2 fully saturated rings. The lowest BCUT2D eigenvalue weighted by atomic mass is 9.91. The molecule has 6 rings (SSSR count). The molecule has 2 aliphatic heterocycles. The molecule has 62 heavy (non-hydrogen) atoms. The lowest BCUT2D eigenvalue weighted by Gasteiger charge is -2.44. The third-order valence-corrected chi connectivity index (χ3v) is 11.2. The van der Waals surface area contributed by atoms with E-state index in [0.717, 1.165) is 25.0 Å². The molecule has 0 aliphatic carbocycles. The number of nitrogens with zero attached hydrogens (tertiary/aromatic N) is 4. The highest BCUT2D eigenvalue weighted by Crippen LogP contribution is 2.43.